The highest BCUT2D eigenvalue weighted by atomic mass is 32.2. The van der Waals surface area contributed by atoms with Crippen LogP contribution in [0.15, 0.2) is 64.4 Å². The smallest absolute Gasteiger partial charge is 0.258 e. The Kier molecular flexibility index (Phi) is 7.94. The van der Waals surface area contributed by atoms with Crippen molar-refractivity contribution < 1.29 is 13.3 Å². The molecule has 2 atom stereocenters. The van der Waals surface area contributed by atoms with E-state index < -0.39 is 26.5 Å². The van der Waals surface area contributed by atoms with E-state index in [1.54, 1.807) is 18.2 Å². The van der Waals surface area contributed by atoms with Crippen LogP contribution in [0, 0.1) is 10.1 Å². The van der Waals surface area contributed by atoms with Gasteiger partial charge in [-0.25, -0.2) is 0 Å². The van der Waals surface area contributed by atoms with E-state index in [9.17, 15) is 18.5 Å². The van der Waals surface area contributed by atoms with E-state index >= 15 is 0 Å². The molecule has 0 N–H and O–H groups in total. The standard InChI is InChI=1S/C18H21NO4S2/c20-19(21)17-12-6-7-13-18(17)25(23)15-9-2-1-8-14-24(22)16-10-4-3-5-11-16/h3-7,10-13H,1-2,8-9,14-15H2. The minimum absolute atomic E-state index is 0.0842. The highest BCUT2D eigenvalue weighted by molar-refractivity contribution is 7.85. The quantitative estimate of drug-likeness (QED) is 0.354. The average molecular weight is 380 g/mol. The van der Waals surface area contributed by atoms with E-state index in [1.165, 1.54) is 6.07 Å². The third kappa shape index (κ3) is 6.17. The Labute approximate surface area is 152 Å². The van der Waals surface area contributed by atoms with E-state index in [0.717, 1.165) is 30.6 Å². The molecule has 2 rings (SSSR count). The largest absolute Gasteiger partial charge is 0.285 e. The maximum absolute atomic E-state index is 12.3. The molecule has 0 saturated heterocycles. The molecule has 7 heteroatoms. The summed E-state index contributed by atoms with van der Waals surface area (Å²) in [6.45, 7) is 0. The first-order chi connectivity index (χ1) is 12.1. The molecule has 0 fully saturated rings. The van der Waals surface area contributed by atoms with Crippen molar-refractivity contribution in [1.29, 1.82) is 0 Å². The van der Waals surface area contributed by atoms with Gasteiger partial charge in [0.05, 0.1) is 26.5 Å². The lowest BCUT2D eigenvalue weighted by molar-refractivity contribution is -0.387. The zero-order chi connectivity index (χ0) is 18.1. The van der Waals surface area contributed by atoms with Crippen molar-refractivity contribution in [3.63, 3.8) is 0 Å². The van der Waals surface area contributed by atoms with Gasteiger partial charge in [0.2, 0.25) is 0 Å². The topological polar surface area (TPSA) is 77.3 Å². The first kappa shape index (κ1) is 19.5. The summed E-state index contributed by atoms with van der Waals surface area (Å²) in [5.41, 5.74) is -0.0842. The van der Waals surface area contributed by atoms with Crippen LogP contribution in [0.25, 0.3) is 0 Å². The maximum atomic E-state index is 12.3. The number of para-hydroxylation sites is 1. The second-order valence-corrected chi connectivity index (χ2v) is 8.66. The Morgan fingerprint density at radius 3 is 1.96 bits per heavy atom. The van der Waals surface area contributed by atoms with Crippen LogP contribution in [0.3, 0.4) is 0 Å². The second-order valence-electron chi connectivity index (χ2n) is 5.55. The van der Waals surface area contributed by atoms with Crippen LogP contribution in [0.2, 0.25) is 0 Å². The number of benzene rings is 2. The van der Waals surface area contributed by atoms with E-state index in [1.807, 2.05) is 30.3 Å². The van der Waals surface area contributed by atoms with Crippen LogP contribution in [0.4, 0.5) is 5.69 Å². The molecule has 134 valence electrons. The molecular weight excluding hydrogens is 358 g/mol. The predicted molar refractivity (Wildman–Crippen MR) is 101 cm³/mol. The summed E-state index contributed by atoms with van der Waals surface area (Å²) >= 11 is 0. The molecule has 25 heavy (non-hydrogen) atoms. The van der Waals surface area contributed by atoms with Crippen LogP contribution in [-0.4, -0.2) is 24.8 Å². The van der Waals surface area contributed by atoms with Gasteiger partial charge in [0.1, 0.15) is 4.90 Å². The lowest BCUT2D eigenvalue weighted by Crippen LogP contribution is -2.03. The molecule has 0 aliphatic rings. The third-order valence-electron chi connectivity index (χ3n) is 3.72. The van der Waals surface area contributed by atoms with Gasteiger partial charge in [0.25, 0.3) is 5.69 Å². The highest BCUT2D eigenvalue weighted by Crippen LogP contribution is 2.22. The summed E-state index contributed by atoms with van der Waals surface area (Å²) in [5, 5.41) is 11.0. The van der Waals surface area contributed by atoms with Gasteiger partial charge in [-0.3, -0.25) is 18.5 Å². The number of hydrogen-bond donors (Lipinski definition) is 0. The first-order valence-electron chi connectivity index (χ1n) is 8.15. The average Bonchev–Trinajstić information content (AvgIpc) is 2.64. The van der Waals surface area contributed by atoms with E-state index in [0.29, 0.717) is 11.5 Å². The number of nitro benzene ring substituents is 1. The van der Waals surface area contributed by atoms with Crippen molar-refractivity contribution in [1.82, 2.24) is 0 Å². The molecule has 0 aliphatic heterocycles. The zero-order valence-electron chi connectivity index (χ0n) is 13.8. The van der Waals surface area contributed by atoms with Crippen molar-refractivity contribution in [2.24, 2.45) is 0 Å². The first-order valence-corrected chi connectivity index (χ1v) is 10.8. The van der Waals surface area contributed by atoms with Crippen LogP contribution in [0.5, 0.6) is 0 Å². The lowest BCUT2D eigenvalue weighted by atomic mass is 10.2. The van der Waals surface area contributed by atoms with Gasteiger partial charge in [-0.05, 0) is 31.0 Å². The van der Waals surface area contributed by atoms with Gasteiger partial charge in [-0.15, -0.1) is 0 Å². The summed E-state index contributed by atoms with van der Waals surface area (Å²) in [5.74, 6) is 1.03. The Balaban J connectivity index is 1.69. The Morgan fingerprint density at radius 1 is 0.760 bits per heavy atom. The normalized spacial score (nSPS) is 13.3. The maximum Gasteiger partial charge on any atom is 0.285 e. The van der Waals surface area contributed by atoms with Gasteiger partial charge in [0, 0.05) is 22.5 Å². The van der Waals surface area contributed by atoms with Crippen molar-refractivity contribution in [3.05, 3.63) is 64.7 Å². The molecule has 0 aliphatic carbocycles. The van der Waals surface area contributed by atoms with E-state index in [2.05, 4.69) is 0 Å². The highest BCUT2D eigenvalue weighted by Gasteiger charge is 2.17. The summed E-state index contributed by atoms with van der Waals surface area (Å²) in [4.78, 5) is 11.6. The molecule has 5 nitrogen and oxygen atoms in total. The summed E-state index contributed by atoms with van der Waals surface area (Å²) in [6.07, 6.45) is 3.36. The molecular formula is C18H21NO4S2. The fraction of sp³-hybridized carbons (Fsp3) is 0.333. The molecule has 0 amide bonds. The fourth-order valence-electron chi connectivity index (χ4n) is 2.42. The lowest BCUT2D eigenvalue weighted by Gasteiger charge is -2.04. The monoisotopic (exact) mass is 379 g/mol. The molecule has 0 bridgehead atoms. The van der Waals surface area contributed by atoms with E-state index in [-0.39, 0.29) is 10.6 Å². The SMILES string of the molecule is O=[N+]([O-])c1ccccc1S(=O)CCCCCCS(=O)c1ccccc1. The minimum Gasteiger partial charge on any atom is -0.258 e. The Morgan fingerprint density at radius 2 is 1.32 bits per heavy atom. The van der Waals surface area contributed by atoms with Crippen LogP contribution in [-0.2, 0) is 21.6 Å². The number of unbranched alkanes of at least 4 members (excludes halogenated alkanes) is 3. The van der Waals surface area contributed by atoms with E-state index in [4.69, 9.17) is 0 Å². The molecule has 0 spiro atoms. The Hall–Kier alpha value is -1.86. The molecule has 0 radical (unpaired) electrons. The number of nitro groups is 1. The van der Waals surface area contributed by atoms with Crippen LogP contribution in [0.1, 0.15) is 25.7 Å². The summed E-state index contributed by atoms with van der Waals surface area (Å²) < 4.78 is 24.3. The predicted octanol–water partition coefficient (Wildman–Crippen LogP) is 4.07. The molecule has 0 aromatic heterocycles. The van der Waals surface area contributed by atoms with Gasteiger partial charge in [-0.1, -0.05) is 43.2 Å². The number of nitrogens with zero attached hydrogens (tertiary/aromatic N) is 1. The molecule has 2 unspecified atom stereocenters. The van der Waals surface area contributed by atoms with Crippen molar-refractivity contribution in [3.8, 4) is 0 Å². The van der Waals surface area contributed by atoms with Gasteiger partial charge in [0.15, 0.2) is 0 Å². The van der Waals surface area contributed by atoms with Crippen molar-refractivity contribution in [2.45, 2.75) is 35.5 Å². The molecule has 2 aromatic rings. The summed E-state index contributed by atoms with van der Waals surface area (Å²) in [6, 6.07) is 15.6. The van der Waals surface area contributed by atoms with Crippen molar-refractivity contribution >= 4 is 27.3 Å². The van der Waals surface area contributed by atoms with Gasteiger partial charge in [-0.2, -0.15) is 0 Å². The van der Waals surface area contributed by atoms with Crippen LogP contribution < -0.4 is 0 Å². The minimum atomic E-state index is -1.36. The van der Waals surface area contributed by atoms with Crippen molar-refractivity contribution in [2.75, 3.05) is 11.5 Å². The fourth-order valence-corrected chi connectivity index (χ4v) is 4.88. The Bertz CT molecular complexity index is 750. The molecule has 2 aromatic carbocycles. The zero-order valence-corrected chi connectivity index (χ0v) is 15.5. The molecule has 0 saturated carbocycles. The molecule has 0 heterocycles. The second kappa shape index (κ2) is 10.2. The number of rotatable bonds is 10. The van der Waals surface area contributed by atoms with Gasteiger partial charge < -0.3 is 0 Å². The summed E-state index contributed by atoms with van der Waals surface area (Å²) in [7, 11) is -2.33. The van der Waals surface area contributed by atoms with Crippen LogP contribution >= 0.6 is 0 Å². The van der Waals surface area contributed by atoms with Gasteiger partial charge >= 0.3 is 0 Å². The third-order valence-corrected chi connectivity index (χ3v) is 6.68. The number of hydrogen-bond acceptors (Lipinski definition) is 4.